The fraction of sp³-hybridized carbons (Fsp3) is 0. The van der Waals surface area contributed by atoms with Gasteiger partial charge in [-0.05, 0) is 96.1 Å². The fourth-order valence-electron chi connectivity index (χ4n) is 8.59. The maximum atomic E-state index is 5.22. The molecule has 0 amide bonds. The summed E-state index contributed by atoms with van der Waals surface area (Å²) >= 11 is 0. The number of nitrogens with zero attached hydrogens (tertiary/aromatic N) is 6. The summed E-state index contributed by atoms with van der Waals surface area (Å²) in [7, 11) is 0. The predicted molar refractivity (Wildman–Crippen MR) is 261 cm³/mol. The van der Waals surface area contributed by atoms with E-state index in [2.05, 4.69) is 162 Å². The summed E-state index contributed by atoms with van der Waals surface area (Å²) in [5, 5.41) is 4.25. The van der Waals surface area contributed by atoms with Crippen LogP contribution in [0.4, 0.5) is 0 Å². The van der Waals surface area contributed by atoms with E-state index in [4.69, 9.17) is 19.9 Å². The summed E-state index contributed by atoms with van der Waals surface area (Å²) in [6.45, 7) is 0. The standard InChI is InChI=1S/C58H36N6/c1-2-9-37(10-3-1)51-27-23-40-17-18-41-24-28-54(64-58(41)57(40)63-51)44-12-8-11-43(31-44)52-25-21-39-16-20-45(36-56(39)61-52)53-26-22-38-15-19-42(35-55(38)62-53)46-32-47(49-13-4-6-29-59-49)34-48(33-46)50-14-5-7-30-60-50/h1-36H. The summed E-state index contributed by atoms with van der Waals surface area (Å²) < 4.78 is 0. The van der Waals surface area contributed by atoms with Gasteiger partial charge in [-0.1, -0.05) is 121 Å². The Morgan fingerprint density at radius 1 is 0.219 bits per heavy atom. The van der Waals surface area contributed by atoms with E-state index in [-0.39, 0.29) is 0 Å². The summed E-state index contributed by atoms with van der Waals surface area (Å²) in [6.07, 6.45) is 3.66. The van der Waals surface area contributed by atoms with Crippen molar-refractivity contribution in [1.29, 1.82) is 0 Å². The third kappa shape index (κ3) is 6.99. The van der Waals surface area contributed by atoms with Crippen molar-refractivity contribution in [3.05, 3.63) is 219 Å². The fourth-order valence-corrected chi connectivity index (χ4v) is 8.59. The average Bonchev–Trinajstić information content (AvgIpc) is 3.38. The maximum Gasteiger partial charge on any atom is 0.0972 e. The lowest BCUT2D eigenvalue weighted by molar-refractivity contribution is 1.31. The zero-order valence-electron chi connectivity index (χ0n) is 34.5. The van der Waals surface area contributed by atoms with Crippen molar-refractivity contribution in [2.45, 2.75) is 0 Å². The highest BCUT2D eigenvalue weighted by Gasteiger charge is 2.13. The topological polar surface area (TPSA) is 77.3 Å². The van der Waals surface area contributed by atoms with E-state index >= 15 is 0 Å². The number of hydrogen-bond donors (Lipinski definition) is 0. The molecule has 6 heterocycles. The highest BCUT2D eigenvalue weighted by Crippen LogP contribution is 2.35. The van der Waals surface area contributed by atoms with Crippen LogP contribution >= 0.6 is 0 Å². The molecule has 6 heteroatoms. The van der Waals surface area contributed by atoms with Crippen LogP contribution in [-0.4, -0.2) is 29.9 Å². The second kappa shape index (κ2) is 15.6. The van der Waals surface area contributed by atoms with Gasteiger partial charge in [-0.25, -0.2) is 19.9 Å². The van der Waals surface area contributed by atoms with Crippen molar-refractivity contribution < 1.29 is 0 Å². The molecule has 6 aromatic carbocycles. The molecular weight excluding hydrogens is 781 g/mol. The van der Waals surface area contributed by atoms with Gasteiger partial charge in [0, 0.05) is 67.3 Å². The third-order valence-corrected chi connectivity index (χ3v) is 11.9. The van der Waals surface area contributed by atoms with Gasteiger partial charge in [-0.3, -0.25) is 9.97 Å². The molecule has 0 aliphatic heterocycles. The molecule has 0 spiro atoms. The van der Waals surface area contributed by atoms with Crippen LogP contribution in [0.1, 0.15) is 0 Å². The minimum atomic E-state index is 0.886. The molecule has 0 unspecified atom stereocenters. The van der Waals surface area contributed by atoms with Crippen LogP contribution in [-0.2, 0) is 0 Å². The lowest BCUT2D eigenvalue weighted by Gasteiger charge is -2.11. The van der Waals surface area contributed by atoms with Gasteiger partial charge in [0.25, 0.3) is 0 Å². The number of benzene rings is 6. The van der Waals surface area contributed by atoms with Gasteiger partial charge in [-0.15, -0.1) is 0 Å². The van der Waals surface area contributed by atoms with Crippen molar-refractivity contribution in [1.82, 2.24) is 29.9 Å². The second-order valence-electron chi connectivity index (χ2n) is 16.0. The van der Waals surface area contributed by atoms with E-state index in [1.54, 1.807) is 0 Å². The van der Waals surface area contributed by atoms with E-state index in [0.717, 1.165) is 122 Å². The Bertz CT molecular complexity index is 3670. The lowest BCUT2D eigenvalue weighted by atomic mass is 9.96. The number of fused-ring (bicyclic) bond motifs is 5. The Morgan fingerprint density at radius 3 is 1.19 bits per heavy atom. The number of rotatable bonds is 7. The van der Waals surface area contributed by atoms with Gasteiger partial charge < -0.3 is 0 Å². The number of hydrogen-bond acceptors (Lipinski definition) is 6. The van der Waals surface area contributed by atoms with E-state index < -0.39 is 0 Å². The Hall–Kier alpha value is -8.74. The van der Waals surface area contributed by atoms with Gasteiger partial charge >= 0.3 is 0 Å². The van der Waals surface area contributed by atoms with Crippen LogP contribution in [0.25, 0.3) is 122 Å². The lowest BCUT2D eigenvalue weighted by Crippen LogP contribution is -1.92. The third-order valence-electron chi connectivity index (χ3n) is 11.9. The molecule has 0 saturated carbocycles. The zero-order valence-corrected chi connectivity index (χ0v) is 34.5. The molecule has 6 nitrogen and oxygen atoms in total. The van der Waals surface area contributed by atoms with Crippen LogP contribution in [0.15, 0.2) is 219 Å². The van der Waals surface area contributed by atoms with Gasteiger partial charge in [-0.2, -0.15) is 0 Å². The highest BCUT2D eigenvalue weighted by atomic mass is 14.8. The van der Waals surface area contributed by atoms with Gasteiger partial charge in [0.15, 0.2) is 0 Å². The van der Waals surface area contributed by atoms with Gasteiger partial charge in [0.05, 0.1) is 56.2 Å². The van der Waals surface area contributed by atoms with Crippen molar-refractivity contribution in [2.75, 3.05) is 0 Å². The van der Waals surface area contributed by atoms with E-state index in [9.17, 15) is 0 Å². The molecule has 12 aromatic rings. The molecule has 6 aromatic heterocycles. The Balaban J connectivity index is 0.877. The molecule has 0 aliphatic carbocycles. The van der Waals surface area contributed by atoms with Crippen molar-refractivity contribution >= 4 is 43.6 Å². The summed E-state index contributed by atoms with van der Waals surface area (Å²) in [5.41, 5.74) is 17.3. The maximum absolute atomic E-state index is 5.22. The van der Waals surface area contributed by atoms with Crippen LogP contribution in [0, 0.1) is 0 Å². The smallest absolute Gasteiger partial charge is 0.0972 e. The molecule has 0 saturated heterocycles. The van der Waals surface area contributed by atoms with E-state index in [0.29, 0.717) is 0 Å². The van der Waals surface area contributed by atoms with Crippen LogP contribution < -0.4 is 0 Å². The van der Waals surface area contributed by atoms with Crippen molar-refractivity contribution in [3.63, 3.8) is 0 Å². The summed E-state index contributed by atoms with van der Waals surface area (Å²) in [6, 6.07) is 71.3. The molecule has 12 rings (SSSR count). The first-order valence-electron chi connectivity index (χ1n) is 21.3. The summed E-state index contributed by atoms with van der Waals surface area (Å²) in [5.74, 6) is 0. The van der Waals surface area contributed by atoms with E-state index in [1.165, 1.54) is 0 Å². The van der Waals surface area contributed by atoms with E-state index in [1.807, 2.05) is 67.0 Å². The van der Waals surface area contributed by atoms with Gasteiger partial charge in [0.1, 0.15) is 0 Å². The van der Waals surface area contributed by atoms with Gasteiger partial charge in [0.2, 0.25) is 0 Å². The van der Waals surface area contributed by atoms with Crippen molar-refractivity contribution in [2.24, 2.45) is 0 Å². The summed E-state index contributed by atoms with van der Waals surface area (Å²) in [4.78, 5) is 30.1. The van der Waals surface area contributed by atoms with Crippen LogP contribution in [0.5, 0.6) is 0 Å². The first-order valence-corrected chi connectivity index (χ1v) is 21.3. The molecule has 298 valence electrons. The van der Waals surface area contributed by atoms with Crippen LogP contribution in [0.2, 0.25) is 0 Å². The number of pyridine rings is 6. The molecule has 64 heavy (non-hydrogen) atoms. The molecular formula is C58H36N6. The molecule has 0 bridgehead atoms. The predicted octanol–water partition coefficient (Wildman–Crippen LogP) is 14.3. The second-order valence-corrected chi connectivity index (χ2v) is 16.0. The largest absolute Gasteiger partial charge is 0.256 e. The SMILES string of the molecule is c1ccc(-c2ccc3ccc4ccc(-c5cccc(-c6ccc7ccc(-c8ccc9ccc(-c%10cc(-c%11ccccn%11)cc(-c%11ccccn%11)c%10)cc9n8)cc7n6)c5)nc4c3n2)cc1. The monoisotopic (exact) mass is 816 g/mol. The first-order chi connectivity index (χ1) is 31.6. The first kappa shape index (κ1) is 37.1. The quantitative estimate of drug-likeness (QED) is 0.149. The Labute approximate surface area is 369 Å². The minimum Gasteiger partial charge on any atom is -0.256 e. The van der Waals surface area contributed by atoms with Crippen molar-refractivity contribution in [3.8, 4) is 78.7 Å². The molecule has 0 atom stereocenters. The Morgan fingerprint density at radius 2 is 0.625 bits per heavy atom. The highest BCUT2D eigenvalue weighted by molar-refractivity contribution is 6.04. The molecule has 0 N–H and O–H groups in total. The van der Waals surface area contributed by atoms with Crippen LogP contribution in [0.3, 0.4) is 0 Å². The minimum absolute atomic E-state index is 0.886. The Kier molecular flexibility index (Phi) is 9.05. The normalized spacial score (nSPS) is 11.4. The zero-order chi connectivity index (χ0) is 42.4. The number of aromatic nitrogens is 6. The molecule has 0 fully saturated rings. The molecule has 0 radical (unpaired) electrons. The molecule has 0 aliphatic rings. The average molecular weight is 817 g/mol.